The van der Waals surface area contributed by atoms with Crippen molar-refractivity contribution in [2.45, 2.75) is 13.5 Å². The number of esters is 1. The zero-order chi connectivity index (χ0) is 18.8. The molecule has 0 saturated heterocycles. The highest BCUT2D eigenvalue weighted by Gasteiger charge is 2.17. The molecule has 0 N–H and O–H groups in total. The zero-order valence-corrected chi connectivity index (χ0v) is 14.3. The van der Waals surface area contributed by atoms with Crippen LogP contribution in [0.2, 0.25) is 5.02 Å². The van der Waals surface area contributed by atoms with Gasteiger partial charge in [-0.05, 0) is 24.6 Å². The molecule has 7 nitrogen and oxygen atoms in total. The van der Waals surface area contributed by atoms with Crippen LogP contribution in [-0.2, 0) is 11.3 Å². The van der Waals surface area contributed by atoms with Gasteiger partial charge >= 0.3 is 11.6 Å². The largest absolute Gasteiger partial charge is 0.457 e. The lowest BCUT2D eigenvalue weighted by Crippen LogP contribution is -2.08. The number of nitro groups is 1. The summed E-state index contributed by atoms with van der Waals surface area (Å²) >= 11 is 5.92. The van der Waals surface area contributed by atoms with E-state index < -0.39 is 16.5 Å². The smallest absolute Gasteiger partial charge is 0.339 e. The molecule has 8 heteroatoms. The van der Waals surface area contributed by atoms with Crippen molar-refractivity contribution in [2.75, 3.05) is 0 Å². The topological polar surface area (TPSA) is 99.6 Å². The molecule has 0 radical (unpaired) electrons. The highest BCUT2D eigenvalue weighted by atomic mass is 35.5. The highest BCUT2D eigenvalue weighted by molar-refractivity contribution is 6.33. The Balaban J connectivity index is 1.85. The van der Waals surface area contributed by atoms with Crippen molar-refractivity contribution in [3.05, 3.63) is 84.7 Å². The Morgan fingerprint density at radius 2 is 2.00 bits per heavy atom. The summed E-state index contributed by atoms with van der Waals surface area (Å²) in [4.78, 5) is 34.0. The van der Waals surface area contributed by atoms with E-state index >= 15 is 0 Å². The molecule has 0 aliphatic rings. The molecular formula is C18H12ClNO6. The first-order valence-corrected chi connectivity index (χ1v) is 7.87. The average Bonchev–Trinajstić information content (AvgIpc) is 2.58. The van der Waals surface area contributed by atoms with Crippen molar-refractivity contribution in [3.63, 3.8) is 0 Å². The molecule has 0 saturated carbocycles. The molecule has 0 aliphatic heterocycles. The van der Waals surface area contributed by atoms with E-state index in [4.69, 9.17) is 20.8 Å². The molecular weight excluding hydrogens is 362 g/mol. The monoisotopic (exact) mass is 373 g/mol. The van der Waals surface area contributed by atoms with Crippen LogP contribution in [0, 0.1) is 17.0 Å². The quantitative estimate of drug-likeness (QED) is 0.296. The molecule has 3 rings (SSSR count). The van der Waals surface area contributed by atoms with Crippen LogP contribution < -0.4 is 5.63 Å². The van der Waals surface area contributed by atoms with Gasteiger partial charge in [0.1, 0.15) is 12.2 Å². The number of carbonyl (C=O) groups is 1. The van der Waals surface area contributed by atoms with Crippen LogP contribution in [-0.4, -0.2) is 10.9 Å². The predicted molar refractivity (Wildman–Crippen MR) is 94.4 cm³/mol. The number of halogens is 1. The Labute approximate surface area is 151 Å². The molecule has 3 aromatic rings. The maximum atomic E-state index is 12.2. The van der Waals surface area contributed by atoms with Gasteiger partial charge < -0.3 is 9.15 Å². The van der Waals surface area contributed by atoms with Crippen LogP contribution in [0.5, 0.6) is 0 Å². The van der Waals surface area contributed by atoms with Crippen molar-refractivity contribution >= 4 is 34.2 Å². The Morgan fingerprint density at radius 3 is 2.69 bits per heavy atom. The first-order chi connectivity index (χ1) is 12.3. The summed E-state index contributed by atoms with van der Waals surface area (Å²) in [6.07, 6.45) is 0. The van der Waals surface area contributed by atoms with Crippen LogP contribution in [0.3, 0.4) is 0 Å². The highest BCUT2D eigenvalue weighted by Crippen LogP contribution is 2.24. The molecule has 2 aromatic carbocycles. The van der Waals surface area contributed by atoms with Crippen LogP contribution in [0.4, 0.5) is 5.69 Å². The van der Waals surface area contributed by atoms with Gasteiger partial charge in [0.2, 0.25) is 0 Å². The molecule has 1 aromatic heterocycles. The van der Waals surface area contributed by atoms with E-state index in [-0.39, 0.29) is 22.9 Å². The fourth-order valence-corrected chi connectivity index (χ4v) is 2.71. The fraction of sp³-hybridized carbons (Fsp3) is 0.111. The van der Waals surface area contributed by atoms with E-state index in [9.17, 15) is 19.7 Å². The summed E-state index contributed by atoms with van der Waals surface area (Å²) in [5.74, 6) is -0.751. The maximum Gasteiger partial charge on any atom is 0.339 e. The zero-order valence-electron chi connectivity index (χ0n) is 13.5. The van der Waals surface area contributed by atoms with Crippen molar-refractivity contribution in [1.82, 2.24) is 0 Å². The number of rotatable bonds is 4. The van der Waals surface area contributed by atoms with E-state index in [0.717, 1.165) is 17.7 Å². The molecule has 0 spiro atoms. The average molecular weight is 374 g/mol. The van der Waals surface area contributed by atoms with Gasteiger partial charge in [-0.1, -0.05) is 23.7 Å². The number of ether oxygens (including phenoxy) is 1. The Hall–Kier alpha value is -3.19. The van der Waals surface area contributed by atoms with Crippen molar-refractivity contribution in [3.8, 4) is 0 Å². The normalized spacial score (nSPS) is 10.7. The summed E-state index contributed by atoms with van der Waals surface area (Å²) < 4.78 is 10.4. The molecule has 0 amide bonds. The van der Waals surface area contributed by atoms with Gasteiger partial charge in [-0.3, -0.25) is 10.1 Å². The minimum absolute atomic E-state index is 0.000354. The van der Waals surface area contributed by atoms with E-state index in [2.05, 4.69) is 0 Å². The van der Waals surface area contributed by atoms with E-state index in [1.807, 2.05) is 13.0 Å². The number of nitro benzene ring substituents is 1. The van der Waals surface area contributed by atoms with Gasteiger partial charge in [0.25, 0.3) is 5.69 Å². The van der Waals surface area contributed by atoms with Gasteiger partial charge in [-0.15, -0.1) is 0 Å². The lowest BCUT2D eigenvalue weighted by atomic mass is 10.1. The molecule has 0 atom stereocenters. The van der Waals surface area contributed by atoms with Gasteiger partial charge in [0, 0.05) is 29.1 Å². The van der Waals surface area contributed by atoms with Crippen molar-refractivity contribution in [1.29, 1.82) is 0 Å². The van der Waals surface area contributed by atoms with E-state index in [1.165, 1.54) is 12.1 Å². The van der Waals surface area contributed by atoms with Gasteiger partial charge in [-0.25, -0.2) is 9.59 Å². The Morgan fingerprint density at radius 1 is 1.23 bits per heavy atom. The van der Waals surface area contributed by atoms with Crippen LogP contribution >= 0.6 is 11.6 Å². The van der Waals surface area contributed by atoms with Crippen molar-refractivity contribution in [2.24, 2.45) is 0 Å². The fourth-order valence-electron chi connectivity index (χ4n) is 2.46. The van der Waals surface area contributed by atoms with Gasteiger partial charge in [0.05, 0.1) is 15.5 Å². The van der Waals surface area contributed by atoms with Crippen LogP contribution in [0.15, 0.2) is 51.7 Å². The van der Waals surface area contributed by atoms with Gasteiger partial charge in [-0.2, -0.15) is 0 Å². The van der Waals surface area contributed by atoms with Crippen molar-refractivity contribution < 1.29 is 18.9 Å². The molecule has 132 valence electrons. The summed E-state index contributed by atoms with van der Waals surface area (Å²) in [6.45, 7) is 1.69. The lowest BCUT2D eigenvalue weighted by Gasteiger charge is -2.08. The molecule has 0 aliphatic carbocycles. The Kier molecular flexibility index (Phi) is 4.73. The summed E-state index contributed by atoms with van der Waals surface area (Å²) in [5, 5.41) is 11.3. The third kappa shape index (κ3) is 3.57. The number of aryl methyl sites for hydroxylation is 1. The van der Waals surface area contributed by atoms with Crippen LogP contribution in [0.1, 0.15) is 21.5 Å². The van der Waals surface area contributed by atoms with Gasteiger partial charge in [0.15, 0.2) is 0 Å². The first kappa shape index (κ1) is 17.6. The lowest BCUT2D eigenvalue weighted by molar-refractivity contribution is -0.384. The predicted octanol–water partition coefficient (Wildman–Crippen LogP) is 4.02. The third-order valence-corrected chi connectivity index (χ3v) is 4.04. The first-order valence-electron chi connectivity index (χ1n) is 7.49. The summed E-state index contributed by atoms with van der Waals surface area (Å²) in [7, 11) is 0. The second kappa shape index (κ2) is 6.97. The SMILES string of the molecule is Cc1ccc2c(COC(=O)c3ccc([N+](=O)[O-])cc3Cl)cc(=O)oc2c1. The number of hydrogen-bond acceptors (Lipinski definition) is 6. The number of carbonyl (C=O) groups excluding carboxylic acids is 1. The number of non-ortho nitro benzene ring substituents is 1. The van der Waals surface area contributed by atoms with Crippen LogP contribution in [0.25, 0.3) is 11.0 Å². The third-order valence-electron chi connectivity index (χ3n) is 3.73. The number of nitrogens with zero attached hydrogens (tertiary/aromatic N) is 1. The summed E-state index contributed by atoms with van der Waals surface area (Å²) in [6, 6.07) is 10.1. The summed E-state index contributed by atoms with van der Waals surface area (Å²) in [5.41, 5.74) is 1.03. The molecule has 0 unspecified atom stereocenters. The Bertz CT molecular complexity index is 1090. The van der Waals surface area contributed by atoms with E-state index in [0.29, 0.717) is 16.5 Å². The number of benzene rings is 2. The molecule has 0 bridgehead atoms. The minimum Gasteiger partial charge on any atom is -0.457 e. The minimum atomic E-state index is -0.751. The number of fused-ring (bicyclic) bond motifs is 1. The van der Waals surface area contributed by atoms with E-state index in [1.54, 1.807) is 12.1 Å². The molecule has 0 fully saturated rings. The molecule has 1 heterocycles. The standard InChI is InChI=1S/C18H12ClNO6/c1-10-2-4-13-11(7-17(21)26-16(13)6-10)9-25-18(22)14-5-3-12(20(23)24)8-15(14)19/h2-8H,9H2,1H3. The number of hydrogen-bond donors (Lipinski definition) is 0. The second-order valence-corrected chi connectivity index (χ2v) is 5.99. The second-order valence-electron chi connectivity index (χ2n) is 5.59. The molecule has 26 heavy (non-hydrogen) atoms. The maximum absolute atomic E-state index is 12.2.